The smallest absolute Gasteiger partial charge is 0.170 e. The van der Waals surface area contributed by atoms with Crippen LogP contribution in [0.2, 0.25) is 0 Å². The van der Waals surface area contributed by atoms with Crippen molar-refractivity contribution in [3.05, 3.63) is 41.0 Å². The number of aryl methyl sites for hydroxylation is 3. The Balaban J connectivity index is 1.69. The van der Waals surface area contributed by atoms with Crippen LogP contribution in [0.15, 0.2) is 29.8 Å². The topological polar surface area (TPSA) is 55.6 Å². The van der Waals surface area contributed by atoms with Crippen molar-refractivity contribution in [1.82, 2.24) is 24.8 Å². The summed E-state index contributed by atoms with van der Waals surface area (Å²) in [4.78, 5) is 14.4. The molecule has 1 fully saturated rings. The van der Waals surface area contributed by atoms with E-state index >= 15 is 0 Å². The third-order valence-corrected chi connectivity index (χ3v) is 6.62. The minimum absolute atomic E-state index is 0.777. The summed E-state index contributed by atoms with van der Waals surface area (Å²) in [6.07, 6.45) is 5.57. The standard InChI is InChI=1S/C22H25N5S/c1-14-3-4-17-18(13-14)25-15(2)19-20(17)27(11-7-16-5-8-23-9-6-16)21(26-19)22-24-10-12-28-22/h3-4,10,12-13,16,23H,5-9,11H2,1-2H3. The summed E-state index contributed by atoms with van der Waals surface area (Å²) in [5.74, 6) is 1.76. The highest BCUT2D eigenvalue weighted by Gasteiger charge is 2.21. The maximum absolute atomic E-state index is 5.03. The fourth-order valence-electron chi connectivity index (χ4n) is 4.34. The summed E-state index contributed by atoms with van der Waals surface area (Å²) in [6.45, 7) is 7.44. The molecule has 1 aliphatic heterocycles. The van der Waals surface area contributed by atoms with Gasteiger partial charge in [0.25, 0.3) is 0 Å². The molecule has 4 heterocycles. The molecule has 0 saturated carbocycles. The average Bonchev–Trinajstić information content (AvgIpc) is 3.35. The van der Waals surface area contributed by atoms with E-state index in [2.05, 4.69) is 46.9 Å². The number of pyridine rings is 1. The van der Waals surface area contributed by atoms with Crippen LogP contribution in [0.1, 0.15) is 30.5 Å². The van der Waals surface area contributed by atoms with Crippen molar-refractivity contribution in [2.45, 2.75) is 39.7 Å². The zero-order valence-electron chi connectivity index (χ0n) is 16.4. The van der Waals surface area contributed by atoms with Crippen molar-refractivity contribution < 1.29 is 0 Å². The van der Waals surface area contributed by atoms with E-state index in [9.17, 15) is 0 Å². The van der Waals surface area contributed by atoms with Gasteiger partial charge in [0, 0.05) is 23.5 Å². The molecule has 0 unspecified atom stereocenters. The second-order valence-electron chi connectivity index (χ2n) is 7.82. The molecule has 3 aromatic heterocycles. The molecule has 0 bridgehead atoms. The quantitative estimate of drug-likeness (QED) is 0.547. The van der Waals surface area contributed by atoms with Crippen LogP contribution in [0.25, 0.3) is 32.8 Å². The lowest BCUT2D eigenvalue weighted by Gasteiger charge is -2.23. The summed E-state index contributed by atoms with van der Waals surface area (Å²) >= 11 is 1.66. The summed E-state index contributed by atoms with van der Waals surface area (Å²) in [5.41, 5.74) is 5.50. The first-order valence-corrected chi connectivity index (χ1v) is 11.0. The molecule has 0 spiro atoms. The summed E-state index contributed by atoms with van der Waals surface area (Å²) in [6, 6.07) is 6.55. The maximum atomic E-state index is 5.03. The van der Waals surface area contributed by atoms with Crippen molar-refractivity contribution in [3.8, 4) is 10.8 Å². The van der Waals surface area contributed by atoms with Crippen molar-refractivity contribution >= 4 is 33.3 Å². The Morgan fingerprint density at radius 1 is 1.18 bits per heavy atom. The number of aromatic nitrogens is 4. The molecule has 0 amide bonds. The molecule has 1 N–H and O–H groups in total. The lowest BCUT2D eigenvalue weighted by atomic mass is 9.94. The van der Waals surface area contributed by atoms with Gasteiger partial charge in [0.15, 0.2) is 10.8 Å². The van der Waals surface area contributed by atoms with E-state index in [1.807, 2.05) is 11.6 Å². The van der Waals surface area contributed by atoms with Crippen LogP contribution in [0.3, 0.4) is 0 Å². The van der Waals surface area contributed by atoms with E-state index < -0.39 is 0 Å². The molecule has 5 rings (SSSR count). The number of thiazole rings is 1. The first-order valence-electron chi connectivity index (χ1n) is 10.1. The van der Waals surface area contributed by atoms with Crippen LogP contribution in [0, 0.1) is 19.8 Å². The molecule has 28 heavy (non-hydrogen) atoms. The summed E-state index contributed by atoms with van der Waals surface area (Å²) < 4.78 is 2.41. The molecule has 0 radical (unpaired) electrons. The first-order chi connectivity index (χ1) is 13.7. The number of nitrogens with zero attached hydrogens (tertiary/aromatic N) is 4. The Kier molecular flexibility index (Phi) is 4.61. The second kappa shape index (κ2) is 7.26. The number of fused-ring (bicyclic) bond motifs is 3. The van der Waals surface area contributed by atoms with E-state index in [1.165, 1.54) is 35.7 Å². The number of benzene rings is 1. The van der Waals surface area contributed by atoms with E-state index in [0.29, 0.717) is 0 Å². The van der Waals surface area contributed by atoms with Gasteiger partial charge in [-0.25, -0.2) is 9.97 Å². The number of imidazole rings is 1. The SMILES string of the molecule is Cc1ccc2c(c1)nc(C)c1nc(-c3nccs3)n(CCC3CCNCC3)c12. The third-order valence-electron chi connectivity index (χ3n) is 5.85. The molecular weight excluding hydrogens is 366 g/mol. The van der Waals surface area contributed by atoms with Crippen molar-refractivity contribution in [2.75, 3.05) is 13.1 Å². The van der Waals surface area contributed by atoms with Gasteiger partial charge < -0.3 is 9.88 Å². The number of hydrogen-bond acceptors (Lipinski definition) is 5. The van der Waals surface area contributed by atoms with Crippen LogP contribution in [0.4, 0.5) is 0 Å². The van der Waals surface area contributed by atoms with Crippen molar-refractivity contribution in [1.29, 1.82) is 0 Å². The molecule has 0 aliphatic carbocycles. The van der Waals surface area contributed by atoms with Gasteiger partial charge in [-0.05, 0) is 63.7 Å². The lowest BCUT2D eigenvalue weighted by molar-refractivity contribution is 0.340. The van der Waals surface area contributed by atoms with E-state index in [-0.39, 0.29) is 0 Å². The number of rotatable bonds is 4. The molecule has 0 atom stereocenters. The summed E-state index contributed by atoms with van der Waals surface area (Å²) in [5, 5.41) is 7.67. The normalized spacial score (nSPS) is 15.6. The molecule has 1 aromatic carbocycles. The highest BCUT2D eigenvalue weighted by Crippen LogP contribution is 2.33. The van der Waals surface area contributed by atoms with Crippen LogP contribution >= 0.6 is 11.3 Å². The van der Waals surface area contributed by atoms with Gasteiger partial charge in [-0.3, -0.25) is 4.98 Å². The zero-order chi connectivity index (χ0) is 19.1. The Labute approximate surface area is 168 Å². The van der Waals surface area contributed by atoms with Gasteiger partial charge in [0.05, 0.1) is 16.7 Å². The zero-order valence-corrected chi connectivity index (χ0v) is 17.2. The van der Waals surface area contributed by atoms with Crippen LogP contribution < -0.4 is 5.32 Å². The Morgan fingerprint density at radius 2 is 2.04 bits per heavy atom. The fourth-order valence-corrected chi connectivity index (χ4v) is 4.98. The Bertz CT molecular complexity index is 1120. The summed E-state index contributed by atoms with van der Waals surface area (Å²) in [7, 11) is 0. The highest BCUT2D eigenvalue weighted by atomic mass is 32.1. The van der Waals surface area contributed by atoms with Gasteiger partial charge in [0.2, 0.25) is 0 Å². The monoisotopic (exact) mass is 391 g/mol. The fraction of sp³-hybridized carbons (Fsp3) is 0.409. The van der Waals surface area contributed by atoms with E-state index in [4.69, 9.17) is 9.97 Å². The van der Waals surface area contributed by atoms with Gasteiger partial charge in [-0.1, -0.05) is 12.1 Å². The van der Waals surface area contributed by atoms with Gasteiger partial charge in [0.1, 0.15) is 5.52 Å². The first kappa shape index (κ1) is 17.8. The maximum Gasteiger partial charge on any atom is 0.170 e. The van der Waals surface area contributed by atoms with E-state index in [1.54, 1.807) is 11.3 Å². The minimum Gasteiger partial charge on any atom is -0.321 e. The molecule has 6 heteroatoms. The number of piperidine rings is 1. The Morgan fingerprint density at radius 3 is 2.82 bits per heavy atom. The van der Waals surface area contributed by atoms with Crippen LogP contribution in [-0.2, 0) is 6.54 Å². The molecule has 4 aromatic rings. The van der Waals surface area contributed by atoms with Crippen molar-refractivity contribution in [2.24, 2.45) is 5.92 Å². The molecule has 5 nitrogen and oxygen atoms in total. The minimum atomic E-state index is 0.777. The highest BCUT2D eigenvalue weighted by molar-refractivity contribution is 7.13. The molecular formula is C22H25N5S. The lowest BCUT2D eigenvalue weighted by Crippen LogP contribution is -2.28. The van der Waals surface area contributed by atoms with Gasteiger partial charge in [-0.15, -0.1) is 11.3 Å². The largest absolute Gasteiger partial charge is 0.321 e. The van der Waals surface area contributed by atoms with Crippen LogP contribution in [0.5, 0.6) is 0 Å². The number of nitrogens with one attached hydrogen (secondary N) is 1. The van der Waals surface area contributed by atoms with E-state index in [0.717, 1.165) is 53.1 Å². The van der Waals surface area contributed by atoms with Crippen molar-refractivity contribution in [3.63, 3.8) is 0 Å². The van der Waals surface area contributed by atoms with Gasteiger partial charge in [-0.2, -0.15) is 0 Å². The molecule has 1 aliphatic rings. The predicted molar refractivity (Wildman–Crippen MR) is 116 cm³/mol. The molecule has 1 saturated heterocycles. The average molecular weight is 392 g/mol. The third kappa shape index (κ3) is 3.10. The molecule has 144 valence electrons. The predicted octanol–water partition coefficient (Wildman–Crippen LogP) is 4.71. The van der Waals surface area contributed by atoms with Crippen LogP contribution in [-0.4, -0.2) is 32.6 Å². The van der Waals surface area contributed by atoms with Gasteiger partial charge >= 0.3 is 0 Å². The second-order valence-corrected chi connectivity index (χ2v) is 8.72. The Hall–Kier alpha value is -2.31. The number of hydrogen-bond donors (Lipinski definition) is 1.